The molecule has 0 aliphatic rings. The Labute approximate surface area is 124 Å². The molecule has 0 bridgehead atoms. The van der Waals surface area contributed by atoms with Crippen molar-refractivity contribution in [3.8, 4) is 0 Å². The van der Waals surface area contributed by atoms with Crippen molar-refractivity contribution in [2.45, 2.75) is 10.2 Å². The minimum Gasteiger partial charge on any atom is -0.0950 e. The van der Waals surface area contributed by atoms with Crippen LogP contribution in [0.2, 0.25) is 15.1 Å². The van der Waals surface area contributed by atoms with Gasteiger partial charge in [-0.2, -0.15) is 0 Å². The Morgan fingerprint density at radius 3 is 2.12 bits per heavy atom. The number of hydrogen-bond donors (Lipinski definition) is 0. The van der Waals surface area contributed by atoms with Crippen molar-refractivity contribution < 1.29 is 0 Å². The fourth-order valence-electron chi connectivity index (χ4n) is 1.14. The maximum Gasteiger partial charge on any atom is 0.194 e. The van der Waals surface area contributed by atoms with Crippen molar-refractivity contribution in [3.63, 3.8) is 0 Å². The molecule has 0 aliphatic heterocycles. The first kappa shape index (κ1) is 14.8. The Hall–Kier alpha value is 0.700. The van der Waals surface area contributed by atoms with Gasteiger partial charge in [-0.25, -0.2) is 0 Å². The first-order valence-corrected chi connectivity index (χ1v) is 6.37. The summed E-state index contributed by atoms with van der Waals surface area (Å²) < 4.78 is -1.41. The van der Waals surface area contributed by atoms with E-state index in [-0.39, 0.29) is 11.4 Å². The molecule has 1 rings (SSSR count). The van der Waals surface area contributed by atoms with Gasteiger partial charge in [-0.15, -0.1) is 0 Å². The fourth-order valence-corrected chi connectivity index (χ4v) is 2.29. The monoisotopic (exact) mass is 336 g/mol. The van der Waals surface area contributed by atoms with Crippen molar-refractivity contribution in [3.05, 3.63) is 39.3 Å². The van der Waals surface area contributed by atoms with Crippen LogP contribution in [0.3, 0.4) is 0 Å². The van der Waals surface area contributed by atoms with Gasteiger partial charge < -0.3 is 0 Å². The van der Waals surface area contributed by atoms with Crippen LogP contribution in [0, 0.1) is 0 Å². The van der Waals surface area contributed by atoms with E-state index < -0.39 is 3.79 Å². The van der Waals surface area contributed by atoms with Crippen LogP contribution in [0.15, 0.2) is 18.7 Å². The Balaban J connectivity index is 3.06. The van der Waals surface area contributed by atoms with Crippen LogP contribution in [0.1, 0.15) is 12.0 Å². The molecule has 0 saturated carbocycles. The molecular formula is C10H6Cl6. The Morgan fingerprint density at radius 2 is 1.62 bits per heavy atom. The van der Waals surface area contributed by atoms with Crippen molar-refractivity contribution in [2.24, 2.45) is 0 Å². The van der Waals surface area contributed by atoms with E-state index in [1.54, 1.807) is 12.1 Å². The summed E-state index contributed by atoms with van der Waals surface area (Å²) >= 11 is 34.7. The largest absolute Gasteiger partial charge is 0.194 e. The number of benzene rings is 1. The molecule has 88 valence electrons. The number of rotatable bonds is 2. The smallest absolute Gasteiger partial charge is 0.0950 e. The second kappa shape index (κ2) is 5.56. The van der Waals surface area contributed by atoms with Crippen molar-refractivity contribution in [1.29, 1.82) is 0 Å². The first-order valence-electron chi connectivity index (χ1n) is 4.11. The molecular weight excluding hydrogens is 333 g/mol. The topological polar surface area (TPSA) is 0 Å². The van der Waals surface area contributed by atoms with Crippen molar-refractivity contribution in [2.75, 3.05) is 0 Å². The lowest BCUT2D eigenvalue weighted by Crippen LogP contribution is -2.03. The Morgan fingerprint density at radius 1 is 1.06 bits per heavy atom. The molecule has 0 N–H and O–H groups in total. The van der Waals surface area contributed by atoms with Crippen LogP contribution in [-0.4, -0.2) is 3.79 Å². The molecule has 0 amide bonds. The number of hydrogen-bond acceptors (Lipinski definition) is 0. The fraction of sp³-hybridized carbons (Fsp3) is 0.200. The third-order valence-electron chi connectivity index (χ3n) is 1.83. The molecule has 0 unspecified atom stereocenters. The second-order valence-corrected chi connectivity index (χ2v) is 6.80. The van der Waals surface area contributed by atoms with Crippen LogP contribution < -0.4 is 0 Å². The second-order valence-electron chi connectivity index (χ2n) is 3.12. The third kappa shape index (κ3) is 3.87. The van der Waals surface area contributed by atoms with Gasteiger partial charge in [0.25, 0.3) is 0 Å². The molecule has 16 heavy (non-hydrogen) atoms. The first-order chi connectivity index (χ1) is 7.22. The standard InChI is InChI=1S/C10H6Cl6/c1-5(4-10(14,15)16)6-2-3-7(11)9(13)8(6)12/h2-3H,1,4H2. The SMILES string of the molecule is C=C(CC(Cl)(Cl)Cl)c1ccc(Cl)c(Cl)c1Cl. The Bertz CT molecular complexity index is 418. The highest BCUT2D eigenvalue weighted by molar-refractivity contribution is 6.67. The molecule has 0 fully saturated rings. The Kier molecular flexibility index (Phi) is 5.13. The van der Waals surface area contributed by atoms with E-state index in [1.807, 2.05) is 0 Å². The van der Waals surface area contributed by atoms with Gasteiger partial charge in [-0.05, 0) is 17.2 Å². The van der Waals surface area contributed by atoms with E-state index in [2.05, 4.69) is 6.58 Å². The summed E-state index contributed by atoms with van der Waals surface area (Å²) in [5, 5.41) is 0.955. The molecule has 0 nitrogen and oxygen atoms in total. The van der Waals surface area contributed by atoms with E-state index in [0.29, 0.717) is 21.2 Å². The van der Waals surface area contributed by atoms with Gasteiger partial charge in [-0.1, -0.05) is 82.3 Å². The van der Waals surface area contributed by atoms with Gasteiger partial charge in [0.05, 0.1) is 15.1 Å². The number of halogens is 6. The summed E-state index contributed by atoms with van der Waals surface area (Å²) in [6.45, 7) is 3.80. The van der Waals surface area contributed by atoms with Crippen molar-refractivity contribution in [1.82, 2.24) is 0 Å². The summed E-state index contributed by atoms with van der Waals surface area (Å²) in [4.78, 5) is 0. The number of allylic oxidation sites excluding steroid dienone is 1. The lowest BCUT2D eigenvalue weighted by atomic mass is 10.1. The van der Waals surface area contributed by atoms with Crippen LogP contribution in [0.25, 0.3) is 5.57 Å². The normalized spacial score (nSPS) is 11.6. The molecule has 1 aromatic rings. The molecule has 0 saturated heterocycles. The molecule has 0 aliphatic carbocycles. The minimum atomic E-state index is -1.41. The molecule has 0 radical (unpaired) electrons. The van der Waals surface area contributed by atoms with Gasteiger partial charge >= 0.3 is 0 Å². The van der Waals surface area contributed by atoms with E-state index >= 15 is 0 Å². The summed E-state index contributed by atoms with van der Waals surface area (Å²) in [7, 11) is 0. The average molecular weight is 339 g/mol. The van der Waals surface area contributed by atoms with Crippen LogP contribution in [0.5, 0.6) is 0 Å². The van der Waals surface area contributed by atoms with Gasteiger partial charge in [0.1, 0.15) is 0 Å². The van der Waals surface area contributed by atoms with Gasteiger partial charge in [-0.3, -0.25) is 0 Å². The van der Waals surface area contributed by atoms with Crippen molar-refractivity contribution >= 4 is 75.2 Å². The predicted octanol–water partition coefficient (Wildman–Crippen LogP) is 6.42. The van der Waals surface area contributed by atoms with E-state index in [4.69, 9.17) is 69.6 Å². The van der Waals surface area contributed by atoms with Crippen LogP contribution >= 0.6 is 69.6 Å². The van der Waals surface area contributed by atoms with Gasteiger partial charge in [0.2, 0.25) is 0 Å². The molecule has 1 aromatic carbocycles. The third-order valence-corrected chi connectivity index (χ3v) is 3.52. The molecule has 0 aromatic heterocycles. The summed E-state index contributed by atoms with van der Waals surface area (Å²) in [5.41, 5.74) is 1.21. The number of alkyl halides is 3. The molecule has 6 heteroatoms. The summed E-state index contributed by atoms with van der Waals surface area (Å²) in [5.74, 6) is 0. The molecule has 0 spiro atoms. The molecule has 0 heterocycles. The lowest BCUT2D eigenvalue weighted by Gasteiger charge is -2.15. The lowest BCUT2D eigenvalue weighted by molar-refractivity contribution is 1.10. The van der Waals surface area contributed by atoms with Crippen LogP contribution in [0.4, 0.5) is 0 Å². The summed E-state index contributed by atoms with van der Waals surface area (Å²) in [6, 6.07) is 3.31. The summed E-state index contributed by atoms with van der Waals surface area (Å²) in [6.07, 6.45) is 0.162. The highest BCUT2D eigenvalue weighted by Crippen LogP contribution is 2.41. The van der Waals surface area contributed by atoms with E-state index in [1.165, 1.54) is 0 Å². The average Bonchev–Trinajstić information content (AvgIpc) is 2.11. The zero-order chi connectivity index (χ0) is 12.5. The van der Waals surface area contributed by atoms with Crippen LogP contribution in [-0.2, 0) is 0 Å². The maximum atomic E-state index is 6.02. The predicted molar refractivity (Wildman–Crippen MR) is 75.4 cm³/mol. The zero-order valence-electron chi connectivity index (χ0n) is 7.84. The highest BCUT2D eigenvalue weighted by atomic mass is 35.6. The van der Waals surface area contributed by atoms with E-state index in [0.717, 1.165) is 0 Å². The molecule has 0 atom stereocenters. The quantitative estimate of drug-likeness (QED) is 0.431. The van der Waals surface area contributed by atoms with E-state index in [9.17, 15) is 0 Å². The maximum absolute atomic E-state index is 6.02. The van der Waals surface area contributed by atoms with Gasteiger partial charge in [0, 0.05) is 6.42 Å². The highest BCUT2D eigenvalue weighted by Gasteiger charge is 2.23. The van der Waals surface area contributed by atoms with Gasteiger partial charge in [0.15, 0.2) is 3.79 Å². The minimum absolute atomic E-state index is 0.162. The zero-order valence-corrected chi connectivity index (χ0v) is 12.4.